The van der Waals surface area contributed by atoms with Crippen LogP contribution in [0.15, 0.2) is 36.0 Å². The molecule has 102 valence electrons. The Morgan fingerprint density at radius 1 is 1.50 bits per heavy atom. The monoisotopic (exact) mass is 274 g/mol. The Labute approximate surface area is 113 Å². The summed E-state index contributed by atoms with van der Waals surface area (Å²) in [5, 5.41) is 16.0. The third-order valence-electron chi connectivity index (χ3n) is 2.99. The molecule has 2 aromatic rings. The second-order valence-corrected chi connectivity index (χ2v) is 4.44. The Morgan fingerprint density at radius 2 is 2.30 bits per heavy atom. The molecule has 3 rings (SSSR count). The van der Waals surface area contributed by atoms with Crippen LogP contribution in [-0.2, 0) is 4.79 Å². The van der Waals surface area contributed by atoms with Crippen molar-refractivity contribution in [2.75, 3.05) is 5.32 Å². The van der Waals surface area contributed by atoms with E-state index in [0.717, 1.165) is 0 Å². The molecule has 1 aliphatic heterocycles. The zero-order valence-electron chi connectivity index (χ0n) is 10.5. The van der Waals surface area contributed by atoms with E-state index in [-0.39, 0.29) is 11.5 Å². The number of anilines is 1. The number of nitrogens with one attached hydrogen (secondary N) is 1. The van der Waals surface area contributed by atoms with Crippen LogP contribution in [-0.4, -0.2) is 25.8 Å². The summed E-state index contributed by atoms with van der Waals surface area (Å²) in [7, 11) is 0. The molecule has 0 saturated carbocycles. The van der Waals surface area contributed by atoms with E-state index in [1.54, 1.807) is 19.1 Å². The maximum absolute atomic E-state index is 13.4. The summed E-state index contributed by atoms with van der Waals surface area (Å²) in [6.45, 7) is 1.70. The van der Waals surface area contributed by atoms with E-state index in [1.165, 1.54) is 22.9 Å². The molecule has 0 spiro atoms. The topological polar surface area (TPSA) is 80.0 Å². The molecule has 1 aromatic heterocycles. The minimum Gasteiger partial charge on any atom is -0.477 e. The quantitative estimate of drug-likeness (QED) is 0.871. The minimum atomic E-state index is -1.10. The summed E-state index contributed by atoms with van der Waals surface area (Å²) in [4.78, 5) is 15.3. The lowest BCUT2D eigenvalue weighted by Crippen LogP contribution is -2.24. The second kappa shape index (κ2) is 4.44. The first-order valence-electron chi connectivity index (χ1n) is 5.95. The SMILES string of the molecule is Cc1nc2n(n1)C(c1cccc(F)c1)C=C(C(=O)O)N2. The van der Waals surface area contributed by atoms with Gasteiger partial charge in [-0.1, -0.05) is 12.1 Å². The number of nitrogens with zero attached hydrogens (tertiary/aromatic N) is 3. The molecule has 2 heterocycles. The average molecular weight is 274 g/mol. The zero-order valence-corrected chi connectivity index (χ0v) is 10.5. The zero-order chi connectivity index (χ0) is 14.3. The van der Waals surface area contributed by atoms with Gasteiger partial charge < -0.3 is 10.4 Å². The first kappa shape index (κ1) is 12.3. The van der Waals surface area contributed by atoms with Crippen LogP contribution in [0, 0.1) is 12.7 Å². The molecule has 0 fully saturated rings. The van der Waals surface area contributed by atoms with Gasteiger partial charge in [0.25, 0.3) is 0 Å². The summed E-state index contributed by atoms with van der Waals surface area (Å²) < 4.78 is 14.9. The molecule has 0 saturated heterocycles. The molecule has 1 aromatic carbocycles. The fourth-order valence-electron chi connectivity index (χ4n) is 2.15. The van der Waals surface area contributed by atoms with Gasteiger partial charge in [-0.2, -0.15) is 10.1 Å². The van der Waals surface area contributed by atoms with Crippen LogP contribution in [0.4, 0.5) is 10.3 Å². The highest BCUT2D eigenvalue weighted by atomic mass is 19.1. The third-order valence-corrected chi connectivity index (χ3v) is 2.99. The number of allylic oxidation sites excluding steroid dienone is 1. The van der Waals surface area contributed by atoms with Crippen molar-refractivity contribution in [2.24, 2.45) is 0 Å². The standard InChI is InChI=1S/C13H11FN4O2/c1-7-15-13-16-10(12(19)20)6-11(18(13)17-7)8-3-2-4-9(14)5-8/h2-6,11H,1H3,(H,19,20)(H,15,16,17). The maximum Gasteiger partial charge on any atom is 0.352 e. The van der Waals surface area contributed by atoms with E-state index < -0.39 is 12.0 Å². The van der Waals surface area contributed by atoms with Gasteiger partial charge in [-0.3, -0.25) is 0 Å². The van der Waals surface area contributed by atoms with Crippen LogP contribution in [0.2, 0.25) is 0 Å². The third kappa shape index (κ3) is 2.03. The predicted octanol–water partition coefficient (Wildman–Crippen LogP) is 1.71. The van der Waals surface area contributed by atoms with Crippen LogP contribution in [0.1, 0.15) is 17.4 Å². The molecule has 2 N–H and O–H groups in total. The number of aliphatic carboxylic acids is 1. The Balaban J connectivity index is 2.14. The summed E-state index contributed by atoms with van der Waals surface area (Å²) in [6.07, 6.45) is 1.48. The van der Waals surface area contributed by atoms with E-state index in [4.69, 9.17) is 5.11 Å². The Bertz CT molecular complexity index is 723. The average Bonchev–Trinajstić information content (AvgIpc) is 2.77. The van der Waals surface area contributed by atoms with Gasteiger partial charge in [-0.25, -0.2) is 13.9 Å². The van der Waals surface area contributed by atoms with Crippen molar-refractivity contribution in [1.29, 1.82) is 0 Å². The highest BCUT2D eigenvalue weighted by Gasteiger charge is 2.26. The number of aryl methyl sites for hydroxylation is 1. The molecule has 1 unspecified atom stereocenters. The smallest absolute Gasteiger partial charge is 0.352 e. The fraction of sp³-hybridized carbons (Fsp3) is 0.154. The molecule has 0 bridgehead atoms. The number of carboxylic acids is 1. The number of benzene rings is 1. The molecule has 20 heavy (non-hydrogen) atoms. The van der Waals surface area contributed by atoms with Gasteiger partial charge in [-0.05, 0) is 30.7 Å². The molecule has 7 heteroatoms. The van der Waals surface area contributed by atoms with Crippen molar-refractivity contribution in [2.45, 2.75) is 13.0 Å². The predicted molar refractivity (Wildman–Crippen MR) is 68.6 cm³/mol. The number of halogens is 1. The molecule has 6 nitrogen and oxygen atoms in total. The number of carboxylic acid groups (broad SMARTS) is 1. The van der Waals surface area contributed by atoms with Crippen LogP contribution < -0.4 is 5.32 Å². The van der Waals surface area contributed by atoms with Crippen LogP contribution in [0.25, 0.3) is 0 Å². The normalized spacial score (nSPS) is 17.1. The number of fused-ring (bicyclic) bond motifs is 1. The minimum absolute atomic E-state index is 0.000777. The first-order valence-corrected chi connectivity index (χ1v) is 5.95. The summed E-state index contributed by atoms with van der Waals surface area (Å²) in [6, 6.07) is 5.47. The van der Waals surface area contributed by atoms with E-state index in [9.17, 15) is 9.18 Å². The second-order valence-electron chi connectivity index (χ2n) is 4.44. The molecule has 1 aliphatic rings. The highest BCUT2D eigenvalue weighted by molar-refractivity contribution is 5.90. The van der Waals surface area contributed by atoms with Gasteiger partial charge in [0.15, 0.2) is 0 Å². The van der Waals surface area contributed by atoms with Crippen molar-refractivity contribution in [3.63, 3.8) is 0 Å². The fourth-order valence-corrected chi connectivity index (χ4v) is 2.15. The summed E-state index contributed by atoms with van der Waals surface area (Å²) >= 11 is 0. The first-order chi connectivity index (χ1) is 9.54. The van der Waals surface area contributed by atoms with Gasteiger partial charge in [0, 0.05) is 0 Å². The van der Waals surface area contributed by atoms with Crippen LogP contribution in [0.3, 0.4) is 0 Å². The molecule has 0 amide bonds. The van der Waals surface area contributed by atoms with Crippen molar-refractivity contribution < 1.29 is 14.3 Å². The van der Waals surface area contributed by atoms with Gasteiger partial charge in [-0.15, -0.1) is 0 Å². The lowest BCUT2D eigenvalue weighted by molar-refractivity contribution is -0.132. The summed E-state index contributed by atoms with van der Waals surface area (Å²) in [5.74, 6) is -0.645. The molecule has 1 atom stereocenters. The van der Waals surface area contributed by atoms with Crippen LogP contribution in [0.5, 0.6) is 0 Å². The van der Waals surface area contributed by atoms with Crippen molar-refractivity contribution >= 4 is 11.9 Å². The molecular weight excluding hydrogens is 263 g/mol. The Hall–Kier alpha value is -2.70. The maximum atomic E-state index is 13.4. The Kier molecular flexibility index (Phi) is 2.74. The van der Waals surface area contributed by atoms with Gasteiger partial charge in [0.2, 0.25) is 5.95 Å². The lowest BCUT2D eigenvalue weighted by Gasteiger charge is -2.22. The number of carbonyl (C=O) groups is 1. The van der Waals surface area contributed by atoms with Crippen molar-refractivity contribution in [3.05, 3.63) is 53.2 Å². The van der Waals surface area contributed by atoms with E-state index in [1.807, 2.05) is 0 Å². The summed E-state index contributed by atoms with van der Waals surface area (Å²) in [5.41, 5.74) is 0.607. The van der Waals surface area contributed by atoms with Gasteiger partial charge in [0.1, 0.15) is 23.4 Å². The highest BCUT2D eigenvalue weighted by Crippen LogP contribution is 2.29. The van der Waals surface area contributed by atoms with E-state index in [2.05, 4.69) is 15.4 Å². The largest absolute Gasteiger partial charge is 0.477 e. The molecular formula is C13H11FN4O2. The number of hydrogen-bond acceptors (Lipinski definition) is 4. The number of aromatic nitrogens is 3. The van der Waals surface area contributed by atoms with Gasteiger partial charge >= 0.3 is 5.97 Å². The van der Waals surface area contributed by atoms with Crippen molar-refractivity contribution in [3.8, 4) is 0 Å². The number of rotatable bonds is 2. The van der Waals surface area contributed by atoms with E-state index in [0.29, 0.717) is 17.3 Å². The van der Waals surface area contributed by atoms with Gasteiger partial charge in [0.05, 0.1) is 0 Å². The molecule has 0 aliphatic carbocycles. The number of hydrogen-bond donors (Lipinski definition) is 2. The lowest BCUT2D eigenvalue weighted by atomic mass is 10.0. The van der Waals surface area contributed by atoms with E-state index >= 15 is 0 Å². The Morgan fingerprint density at radius 3 is 3.00 bits per heavy atom. The van der Waals surface area contributed by atoms with Crippen LogP contribution >= 0.6 is 0 Å². The van der Waals surface area contributed by atoms with Crippen molar-refractivity contribution in [1.82, 2.24) is 14.8 Å². The molecule has 0 radical (unpaired) electrons.